The first-order valence-corrected chi connectivity index (χ1v) is 13.5. The molecular weight excluding hydrogens is 568 g/mol. The highest BCUT2D eigenvalue weighted by Crippen LogP contribution is 2.27. The number of carboxylic acid groups (broad SMARTS) is 1. The van der Waals surface area contributed by atoms with Crippen LogP contribution in [0.1, 0.15) is 32.2 Å². The summed E-state index contributed by atoms with van der Waals surface area (Å²) in [5.41, 5.74) is 5.50. The predicted octanol–water partition coefficient (Wildman–Crippen LogP) is -1.65. The van der Waals surface area contributed by atoms with Crippen molar-refractivity contribution in [3.8, 4) is 0 Å². The molecule has 210 valence electrons. The van der Waals surface area contributed by atoms with Gasteiger partial charge in [-0.1, -0.05) is 5.16 Å². The van der Waals surface area contributed by atoms with Crippen LogP contribution >= 0.6 is 23.6 Å². The Balaban J connectivity index is 0.000000281. The van der Waals surface area contributed by atoms with Gasteiger partial charge < -0.3 is 25.5 Å². The van der Waals surface area contributed by atoms with Gasteiger partial charge in [0.1, 0.15) is 29.7 Å². The van der Waals surface area contributed by atoms with E-state index in [9.17, 15) is 22.8 Å². The normalized spacial score (nSPS) is 17.8. The molecule has 0 aromatic carbocycles. The minimum absolute atomic E-state index is 0.111. The van der Waals surface area contributed by atoms with Crippen LogP contribution in [0.3, 0.4) is 0 Å². The molecule has 0 aliphatic carbocycles. The Morgan fingerprint density at radius 3 is 2.66 bits per heavy atom. The van der Waals surface area contributed by atoms with Crippen LogP contribution in [0, 0.1) is 0 Å². The summed E-state index contributed by atoms with van der Waals surface area (Å²) in [6.45, 7) is 4.49. The molecule has 1 aliphatic rings. The van der Waals surface area contributed by atoms with Crippen molar-refractivity contribution in [2.45, 2.75) is 51.5 Å². The second-order valence-electron chi connectivity index (χ2n) is 7.99. The minimum Gasteiger partial charge on any atom is -0.478 e. The number of nitrogens with one attached hydrogen (secondary N) is 2. The number of nitrogens with zero attached hydrogens (tertiary/aromatic N) is 6. The third-order valence-electron chi connectivity index (χ3n) is 4.71. The third-order valence-corrected chi connectivity index (χ3v) is 6.56. The van der Waals surface area contributed by atoms with Crippen LogP contribution in [0.15, 0.2) is 16.7 Å². The number of aliphatic carboxylic acids is 1. The van der Waals surface area contributed by atoms with Crippen molar-refractivity contribution in [3.05, 3.63) is 23.0 Å². The minimum atomic E-state index is -3.83. The van der Waals surface area contributed by atoms with Crippen LogP contribution in [0.25, 0.3) is 0 Å². The van der Waals surface area contributed by atoms with Gasteiger partial charge in [0.25, 0.3) is 16.1 Å². The van der Waals surface area contributed by atoms with E-state index < -0.39 is 39.8 Å². The summed E-state index contributed by atoms with van der Waals surface area (Å²) in [5.74, 6) is -1.52. The zero-order chi connectivity index (χ0) is 28.7. The third kappa shape index (κ3) is 8.59. The molecule has 2 atom stereocenters. The Hall–Kier alpha value is -3.37. The number of oxime groups is 1. The first-order chi connectivity index (χ1) is 17.7. The van der Waals surface area contributed by atoms with Crippen LogP contribution in [0.2, 0.25) is 0 Å². The molecule has 2 aromatic heterocycles. The van der Waals surface area contributed by atoms with Crippen molar-refractivity contribution in [2.24, 2.45) is 10.3 Å². The molecule has 0 radical (unpaired) electrons. The van der Waals surface area contributed by atoms with Crippen molar-refractivity contribution in [3.63, 3.8) is 0 Å². The molecule has 18 nitrogen and oxygen atoms in total. The maximum atomic E-state index is 11.6. The molecule has 2 unspecified atom stereocenters. The number of aromatic nitrogens is 4. The van der Waals surface area contributed by atoms with Gasteiger partial charge in [0.05, 0.1) is 31.0 Å². The number of carbonyl (C=O) groups is 3. The molecule has 3 rings (SSSR count). The van der Waals surface area contributed by atoms with E-state index in [-0.39, 0.29) is 25.3 Å². The first kappa shape index (κ1) is 30.9. The predicted molar refractivity (Wildman–Crippen MR) is 135 cm³/mol. The molecule has 1 saturated heterocycles. The van der Waals surface area contributed by atoms with Gasteiger partial charge >= 0.3 is 5.97 Å². The topological polar surface area (TPSA) is 270 Å². The standard InChI is InChI=1S/C9H13N3O3S.C8H13N7O5S2/c1-5(6-4-16-8(10)11-6)12-15-9(2,3)7(13)14;9-22(19,20)12-2-5-1-11-14(13-5)3-6-7(10-4-16)8(17)15(6)21-18/h4H,1-3H3,(H2,10,11)(H,13,14);1,4,6-7,12,18H,2-3H2,(H,10,16)(H2,9,19,20)/b12-5+;. The molecule has 38 heavy (non-hydrogen) atoms. The van der Waals surface area contributed by atoms with E-state index in [1.807, 2.05) is 0 Å². The molecule has 0 saturated carbocycles. The lowest BCUT2D eigenvalue weighted by Gasteiger charge is -2.43. The van der Waals surface area contributed by atoms with Gasteiger partial charge in [0, 0.05) is 5.38 Å². The average Bonchev–Trinajstić information content (AvgIpc) is 3.48. The Morgan fingerprint density at radius 1 is 1.45 bits per heavy atom. The van der Waals surface area contributed by atoms with Gasteiger partial charge in [0.2, 0.25) is 12.0 Å². The maximum absolute atomic E-state index is 11.6. The molecule has 1 fully saturated rings. The second kappa shape index (κ2) is 12.9. The Kier molecular flexibility index (Phi) is 10.5. The fourth-order valence-electron chi connectivity index (χ4n) is 2.62. The highest BCUT2D eigenvalue weighted by Gasteiger charge is 2.48. The fourth-order valence-corrected chi connectivity index (χ4v) is 4.08. The first-order valence-electron chi connectivity index (χ1n) is 10.4. The molecule has 3 heterocycles. The fraction of sp³-hybridized carbons (Fsp3) is 0.471. The summed E-state index contributed by atoms with van der Waals surface area (Å²) in [6, 6.07) is -1.30. The van der Waals surface area contributed by atoms with Crippen LogP contribution in [-0.2, 0) is 42.5 Å². The van der Waals surface area contributed by atoms with Gasteiger partial charge in [-0.25, -0.2) is 14.9 Å². The van der Waals surface area contributed by atoms with E-state index in [0.717, 1.165) is 4.31 Å². The Labute approximate surface area is 224 Å². The summed E-state index contributed by atoms with van der Waals surface area (Å²) in [7, 11) is -3.83. The monoisotopic (exact) mass is 594 g/mol. The zero-order valence-corrected chi connectivity index (χ0v) is 22.7. The summed E-state index contributed by atoms with van der Waals surface area (Å²) >= 11 is 1.53. The summed E-state index contributed by atoms with van der Waals surface area (Å²) < 4.78 is 33.7. The van der Waals surface area contributed by atoms with Crippen molar-refractivity contribution in [1.29, 1.82) is 0 Å². The number of β-lactam (4-membered cyclic amide) rings is 1. The van der Waals surface area contributed by atoms with Crippen molar-refractivity contribution in [1.82, 2.24) is 34.3 Å². The SMILES string of the molecule is C/C(=N\OC(C)(C)C(=O)O)c1csc(N)n1.NS(=O)(=O)NCc1cnn(CC2C(NC=O)C(=O)N2SO)n1. The molecule has 21 heteroatoms. The van der Waals surface area contributed by atoms with E-state index in [1.165, 1.54) is 36.2 Å². The van der Waals surface area contributed by atoms with Crippen molar-refractivity contribution < 1.29 is 37.3 Å². The molecule has 0 bridgehead atoms. The Morgan fingerprint density at radius 2 is 2.13 bits per heavy atom. The van der Waals surface area contributed by atoms with Gasteiger partial charge in [-0.15, -0.1) is 11.3 Å². The van der Waals surface area contributed by atoms with E-state index in [2.05, 4.69) is 30.4 Å². The molecule has 2 aromatic rings. The van der Waals surface area contributed by atoms with Crippen LogP contribution in [0.5, 0.6) is 0 Å². The van der Waals surface area contributed by atoms with Gasteiger partial charge in [0.15, 0.2) is 5.13 Å². The summed E-state index contributed by atoms with van der Waals surface area (Å²) in [5, 5.41) is 29.7. The number of carboxylic acids is 1. The summed E-state index contributed by atoms with van der Waals surface area (Å²) in [6.07, 6.45) is 1.73. The maximum Gasteiger partial charge on any atom is 0.350 e. The molecular formula is C17H26N10O8S3. The summed E-state index contributed by atoms with van der Waals surface area (Å²) in [4.78, 5) is 42.9. The number of hydrogen-bond donors (Lipinski definition) is 6. The lowest BCUT2D eigenvalue weighted by Crippen LogP contribution is -2.68. The lowest BCUT2D eigenvalue weighted by atomic mass is 9.99. The van der Waals surface area contributed by atoms with Crippen LogP contribution in [-0.4, -0.2) is 84.0 Å². The molecule has 0 spiro atoms. The number of anilines is 1. The molecule has 2 amide bonds. The van der Waals surface area contributed by atoms with Crippen LogP contribution < -0.4 is 20.9 Å². The number of rotatable bonds is 12. The van der Waals surface area contributed by atoms with Crippen molar-refractivity contribution in [2.75, 3.05) is 5.73 Å². The lowest BCUT2D eigenvalue weighted by molar-refractivity contribution is -0.161. The average molecular weight is 595 g/mol. The van der Waals surface area contributed by atoms with Gasteiger partial charge in [-0.3, -0.25) is 13.9 Å². The van der Waals surface area contributed by atoms with E-state index in [1.54, 1.807) is 12.3 Å². The number of nitrogen functional groups attached to an aromatic ring is 1. The molecule has 8 N–H and O–H groups in total. The van der Waals surface area contributed by atoms with Crippen molar-refractivity contribution >= 4 is 62.9 Å². The zero-order valence-electron chi connectivity index (χ0n) is 20.2. The highest BCUT2D eigenvalue weighted by molar-refractivity contribution is 7.92. The largest absolute Gasteiger partial charge is 0.478 e. The number of carbonyl (C=O) groups excluding carboxylic acids is 2. The van der Waals surface area contributed by atoms with Crippen LogP contribution in [0.4, 0.5) is 5.13 Å². The number of amides is 2. The quantitative estimate of drug-likeness (QED) is 0.0402. The number of nitrogens with two attached hydrogens (primary N) is 2. The van der Waals surface area contributed by atoms with Gasteiger partial charge in [-0.2, -0.15) is 28.1 Å². The molecule has 1 aliphatic heterocycles. The number of thiazole rings is 1. The van der Waals surface area contributed by atoms with E-state index in [4.69, 9.17) is 25.4 Å². The Bertz CT molecular complexity index is 1280. The second-order valence-corrected chi connectivity index (χ2v) is 10.8. The van der Waals surface area contributed by atoms with E-state index >= 15 is 0 Å². The smallest absolute Gasteiger partial charge is 0.350 e. The van der Waals surface area contributed by atoms with Gasteiger partial charge in [-0.05, 0) is 20.8 Å². The van der Waals surface area contributed by atoms with E-state index in [0.29, 0.717) is 28.6 Å². The number of hydrogen-bond acceptors (Lipinski definition) is 14. The highest BCUT2D eigenvalue weighted by atomic mass is 32.2.